The molecule has 2 saturated heterocycles. The Morgan fingerprint density at radius 2 is 0.771 bits per heavy atom. The first kappa shape index (κ1) is 100. The van der Waals surface area contributed by atoms with Gasteiger partial charge in [0.25, 0.3) is 7.82 Å². The Morgan fingerprint density at radius 1 is 0.429 bits per heavy atom. The molecule has 620 valence electrons. The predicted molar refractivity (Wildman–Crippen MR) is 408 cm³/mol. The molecular weight excluding hydrogens is 1370 g/mol. The summed E-state index contributed by atoms with van der Waals surface area (Å²) in [5.41, 5.74) is 0. The second-order valence-corrected chi connectivity index (χ2v) is 31.3. The molecule has 13 N–H and O–H groups in total. The van der Waals surface area contributed by atoms with Crippen LogP contribution in [0.5, 0.6) is 0 Å². The number of ether oxygens (including phenoxy) is 6. The zero-order valence-corrected chi connectivity index (χ0v) is 67.4. The van der Waals surface area contributed by atoms with Crippen molar-refractivity contribution in [1.82, 2.24) is 16.8 Å². The number of nitrogens with one attached hydrogen (secondary N) is 2. The van der Waals surface area contributed by atoms with Crippen molar-refractivity contribution >= 4 is 37.5 Å². The highest BCUT2D eigenvalue weighted by atomic mass is 31.2. The summed E-state index contributed by atoms with van der Waals surface area (Å²) in [6.07, 6.45) is 26.1. The SMILES string of the molecule is CCCCCCCCCCCC(=O)O[C@H](CCCCCCCCCCC)CC(=O)N[C@H]1C(OC(=O)C[C@H](O)CCCCCCCCCCC)[C@H](OP(=O)([O-])O)C(CO)O[C@H]1OCC1O[C@H](O)[C@@H](NC(=O)C[C@H](O)CCCCCCCCCCC)C(OC(=O)C[C@H](O)CCCCCCCCCCC)[C@@H]1O.[NH4+]. The van der Waals surface area contributed by atoms with E-state index in [0.717, 1.165) is 167 Å². The number of hydrogen-bond acceptors (Lipinski definition) is 20. The highest BCUT2D eigenvalue weighted by molar-refractivity contribution is 7.44. The van der Waals surface area contributed by atoms with Crippen LogP contribution < -0.4 is 21.7 Å². The molecule has 2 amide bonds. The molecule has 0 radical (unpaired) electrons. The van der Waals surface area contributed by atoms with Gasteiger partial charge in [-0.1, -0.05) is 311 Å². The summed E-state index contributed by atoms with van der Waals surface area (Å²) < 4.78 is 54.1. The molecule has 0 aliphatic carbocycles. The molecule has 15 atom stereocenters. The number of phosphoric ester groups is 1. The van der Waals surface area contributed by atoms with Gasteiger partial charge in [0.2, 0.25) is 11.8 Å². The topological polar surface area (TPSA) is 392 Å². The minimum Gasteiger partial charge on any atom is -0.756 e. The smallest absolute Gasteiger partial charge is 0.308 e. The van der Waals surface area contributed by atoms with Crippen molar-refractivity contribution in [3.8, 4) is 0 Å². The molecule has 0 spiro atoms. The lowest BCUT2D eigenvalue weighted by Crippen LogP contribution is -2.68. The number of carbonyl (C=O) groups excluding carboxylic acids is 5. The fourth-order valence-corrected chi connectivity index (χ4v) is 14.7. The Balaban J connectivity index is 0.0000551. The summed E-state index contributed by atoms with van der Waals surface area (Å²) in [5.74, 6) is -4.12. The molecule has 0 saturated carbocycles. The average molecular weight is 1530 g/mol. The molecule has 24 nitrogen and oxygen atoms in total. The van der Waals surface area contributed by atoms with Gasteiger partial charge in [0.05, 0.1) is 57.2 Å². The summed E-state index contributed by atoms with van der Waals surface area (Å²) in [7, 11) is -5.80. The number of unbranched alkanes of at least 4 members (excludes halogenated alkanes) is 40. The molecule has 2 heterocycles. The number of hydrogen-bond donors (Lipinski definition) is 10. The zero-order chi connectivity index (χ0) is 76.4. The summed E-state index contributed by atoms with van der Waals surface area (Å²) >= 11 is 0. The molecule has 0 bridgehead atoms. The minimum absolute atomic E-state index is 0. The highest BCUT2D eigenvalue weighted by Crippen LogP contribution is 2.40. The van der Waals surface area contributed by atoms with Crippen LogP contribution >= 0.6 is 7.82 Å². The van der Waals surface area contributed by atoms with Crippen molar-refractivity contribution in [2.24, 2.45) is 0 Å². The van der Waals surface area contributed by atoms with Gasteiger partial charge in [0.1, 0.15) is 42.6 Å². The normalized spacial score (nSPS) is 22.1. The van der Waals surface area contributed by atoms with Crippen molar-refractivity contribution in [2.45, 2.75) is 467 Å². The molecule has 25 heteroatoms. The predicted octanol–water partition coefficient (Wildman–Crippen LogP) is 15.0. The van der Waals surface area contributed by atoms with Gasteiger partial charge >= 0.3 is 17.9 Å². The maximum atomic E-state index is 14.8. The monoisotopic (exact) mass is 1520 g/mol. The first-order chi connectivity index (χ1) is 50.2. The molecule has 2 aliphatic rings. The summed E-state index contributed by atoms with van der Waals surface area (Å²) in [4.78, 5) is 93.0. The van der Waals surface area contributed by atoms with Crippen molar-refractivity contribution in [3.05, 3.63) is 0 Å². The van der Waals surface area contributed by atoms with Crippen LogP contribution in [0.15, 0.2) is 0 Å². The molecule has 0 aromatic carbocycles. The first-order valence-electron chi connectivity index (χ1n) is 42.0. The standard InChI is InChI=1S/C80H151N2O21P.H3N/c1-6-11-16-21-26-31-36-41-46-51-62(84)56-68(87)81-73-77(101-71(90)57-63(85)52-47-42-37-32-27-22-17-12-7-2)75(92)67(99-79(73)93)61-97-80-74(78(76(66(60-83)100-80)103-104(94,95)96)102-72(91)58-64(86)53-48-43-38-33-28-23-18-13-8-3)82-69(88)59-65(54-49-44-39-34-29-24-19-14-9-4)98-70(89)55-50-45-40-35-30-25-20-15-10-5;/h62-67,73-80,83-86,92-93H,6-61H2,1-5H3,(H,81,87)(H,82,88)(H2,94,95,96);1H3/t62-,63-,64-,65-,66?,67?,73+,74+,75-,76-,77?,78?,79+,80-;/m1./s1. The van der Waals surface area contributed by atoms with Crippen molar-refractivity contribution < 1.29 is 102 Å². The van der Waals surface area contributed by atoms with Crippen LogP contribution in [0.25, 0.3) is 0 Å². The van der Waals surface area contributed by atoms with Gasteiger partial charge in [-0.05, 0) is 38.5 Å². The lowest BCUT2D eigenvalue weighted by atomic mass is 9.95. The van der Waals surface area contributed by atoms with Gasteiger partial charge in [0, 0.05) is 6.42 Å². The number of esters is 3. The van der Waals surface area contributed by atoms with Gasteiger partial charge in [-0.15, -0.1) is 0 Å². The maximum Gasteiger partial charge on any atom is 0.308 e. The largest absolute Gasteiger partial charge is 0.756 e. The summed E-state index contributed by atoms with van der Waals surface area (Å²) in [6, 6.07) is -3.45. The Labute approximate surface area is 633 Å². The Morgan fingerprint density at radius 3 is 1.16 bits per heavy atom. The van der Waals surface area contributed by atoms with Gasteiger partial charge in [-0.2, -0.15) is 0 Å². The highest BCUT2D eigenvalue weighted by Gasteiger charge is 2.53. The molecule has 2 rings (SSSR count). The van der Waals surface area contributed by atoms with Crippen LogP contribution in [0.3, 0.4) is 0 Å². The van der Waals surface area contributed by atoms with Crippen LogP contribution in [0, 0.1) is 0 Å². The van der Waals surface area contributed by atoms with Gasteiger partial charge in [-0.3, -0.25) is 28.5 Å². The van der Waals surface area contributed by atoms with E-state index in [4.69, 9.17) is 32.9 Å². The fraction of sp³-hybridized carbons (Fsp3) is 0.938. The van der Waals surface area contributed by atoms with E-state index in [1.165, 1.54) is 89.9 Å². The van der Waals surface area contributed by atoms with E-state index in [-0.39, 0.29) is 25.4 Å². The number of amides is 2. The third-order valence-electron chi connectivity index (χ3n) is 20.4. The second-order valence-electron chi connectivity index (χ2n) is 30.2. The Hall–Kier alpha value is -2.94. The quantitative estimate of drug-likeness (QED) is 0.0117. The molecule has 2 aliphatic heterocycles. The first-order valence-corrected chi connectivity index (χ1v) is 43.5. The van der Waals surface area contributed by atoms with Crippen LogP contribution in [0.2, 0.25) is 0 Å². The molecule has 0 aromatic rings. The van der Waals surface area contributed by atoms with E-state index in [1.807, 2.05) is 0 Å². The Kier molecular flexibility index (Phi) is 61.7. The summed E-state index contributed by atoms with van der Waals surface area (Å²) in [5, 5.41) is 73.4. The number of aliphatic hydroxyl groups is 6. The molecule has 2 fully saturated rings. The third-order valence-corrected chi connectivity index (χ3v) is 20.9. The van der Waals surface area contributed by atoms with Crippen LogP contribution in [-0.2, 0) is 61.5 Å². The van der Waals surface area contributed by atoms with E-state index < -0.39 is 162 Å². The van der Waals surface area contributed by atoms with Gasteiger partial charge in [-0.25, -0.2) is 0 Å². The second kappa shape index (κ2) is 64.7. The zero-order valence-electron chi connectivity index (χ0n) is 66.5. The maximum absolute atomic E-state index is 14.8. The van der Waals surface area contributed by atoms with E-state index in [2.05, 4.69) is 45.3 Å². The minimum atomic E-state index is -5.80. The number of quaternary nitrogens is 1. The number of rotatable bonds is 69. The van der Waals surface area contributed by atoms with E-state index >= 15 is 0 Å². The third kappa shape index (κ3) is 50.6. The number of carbonyl (C=O) groups is 5. The fourth-order valence-electron chi connectivity index (χ4n) is 14.1. The van der Waals surface area contributed by atoms with Crippen LogP contribution in [0.1, 0.15) is 381 Å². The lowest BCUT2D eigenvalue weighted by Gasteiger charge is -2.47. The van der Waals surface area contributed by atoms with Crippen molar-refractivity contribution in [2.75, 3.05) is 13.2 Å². The number of aliphatic hydroxyl groups excluding tert-OH is 6. The van der Waals surface area contributed by atoms with E-state index in [0.29, 0.717) is 44.9 Å². The van der Waals surface area contributed by atoms with Crippen LogP contribution in [-0.4, -0.2) is 164 Å². The van der Waals surface area contributed by atoms with Crippen molar-refractivity contribution in [3.63, 3.8) is 0 Å². The molecular formula is C80H154N3O21P. The molecule has 5 unspecified atom stereocenters. The van der Waals surface area contributed by atoms with Crippen molar-refractivity contribution in [1.29, 1.82) is 0 Å². The van der Waals surface area contributed by atoms with E-state index in [1.54, 1.807) is 0 Å². The number of phosphoric acid groups is 1. The summed E-state index contributed by atoms with van der Waals surface area (Å²) in [6.45, 7) is 8.98. The lowest BCUT2D eigenvalue weighted by molar-refractivity contribution is -0.304. The average Bonchev–Trinajstić information content (AvgIpc) is 0.781. The van der Waals surface area contributed by atoms with Gasteiger partial charge < -0.3 is 90.2 Å². The Bertz CT molecular complexity index is 2190. The van der Waals surface area contributed by atoms with Crippen LogP contribution in [0.4, 0.5) is 0 Å². The molecule has 105 heavy (non-hydrogen) atoms. The van der Waals surface area contributed by atoms with E-state index in [9.17, 15) is 69.0 Å². The molecule has 0 aromatic heterocycles. The van der Waals surface area contributed by atoms with Gasteiger partial charge in [0.15, 0.2) is 24.8 Å².